The summed E-state index contributed by atoms with van der Waals surface area (Å²) in [6.07, 6.45) is 3.26. The average molecular weight is 235 g/mol. The number of rotatable bonds is 7. The van der Waals surface area contributed by atoms with Gasteiger partial charge in [-0.15, -0.1) is 0 Å². The minimum Gasteiger partial charge on any atom is -0.374 e. The predicted molar refractivity (Wildman–Crippen MR) is 70.4 cm³/mol. The van der Waals surface area contributed by atoms with Gasteiger partial charge in [0.05, 0.1) is 0 Å². The van der Waals surface area contributed by atoms with Gasteiger partial charge >= 0.3 is 0 Å². The summed E-state index contributed by atoms with van der Waals surface area (Å²) in [5, 5.41) is 10.1. The van der Waals surface area contributed by atoms with E-state index in [9.17, 15) is 9.90 Å². The molecule has 1 aromatic rings. The van der Waals surface area contributed by atoms with Gasteiger partial charge in [0.2, 0.25) is 0 Å². The molecule has 0 aliphatic carbocycles. The van der Waals surface area contributed by atoms with Crippen LogP contribution in [0.2, 0.25) is 0 Å². The summed E-state index contributed by atoms with van der Waals surface area (Å²) in [4.78, 5) is 12.5. The summed E-state index contributed by atoms with van der Waals surface area (Å²) < 4.78 is 0. The Kier molecular flexibility index (Phi) is 5.70. The number of hydrogen-bond acceptors (Lipinski definition) is 3. The lowest BCUT2D eigenvalue weighted by Crippen LogP contribution is -2.34. The van der Waals surface area contributed by atoms with E-state index in [0.29, 0.717) is 5.56 Å². The molecule has 0 radical (unpaired) electrons. The maximum Gasteiger partial charge on any atom is 0.150 e. The Morgan fingerprint density at radius 3 is 2.41 bits per heavy atom. The van der Waals surface area contributed by atoms with Gasteiger partial charge in [0, 0.05) is 17.8 Å². The van der Waals surface area contributed by atoms with Crippen LogP contribution in [0.25, 0.3) is 0 Å². The molecule has 3 nitrogen and oxygen atoms in total. The Morgan fingerprint density at radius 1 is 1.29 bits per heavy atom. The molecule has 17 heavy (non-hydrogen) atoms. The molecule has 1 N–H and O–H groups in total. The first-order valence-corrected chi connectivity index (χ1v) is 6.22. The number of benzene rings is 1. The second kappa shape index (κ2) is 7.07. The zero-order valence-corrected chi connectivity index (χ0v) is 10.6. The Hall–Kier alpha value is -1.35. The molecule has 0 spiro atoms. The second-order valence-electron chi connectivity index (χ2n) is 4.12. The van der Waals surface area contributed by atoms with Crippen LogP contribution in [0.4, 0.5) is 5.69 Å². The number of unbranched alkanes of at least 4 members (excludes halogenated alkanes) is 1. The van der Waals surface area contributed by atoms with Crippen LogP contribution in [-0.4, -0.2) is 24.2 Å². The number of anilines is 1. The molecule has 0 amide bonds. The van der Waals surface area contributed by atoms with Gasteiger partial charge in [-0.25, -0.2) is 0 Å². The number of nitrogens with zero attached hydrogens (tertiary/aromatic N) is 1. The maximum absolute atomic E-state index is 10.6. The molecule has 94 valence electrons. The third-order valence-electron chi connectivity index (χ3n) is 2.88. The second-order valence-corrected chi connectivity index (χ2v) is 4.12. The van der Waals surface area contributed by atoms with E-state index in [1.165, 1.54) is 0 Å². The summed E-state index contributed by atoms with van der Waals surface area (Å²) in [5.41, 5.74) is 1.62. The van der Waals surface area contributed by atoms with Gasteiger partial charge in [0.25, 0.3) is 0 Å². The van der Waals surface area contributed by atoms with Gasteiger partial charge in [-0.2, -0.15) is 0 Å². The lowest BCUT2D eigenvalue weighted by molar-refractivity contribution is 0.112. The zero-order chi connectivity index (χ0) is 12.7. The third-order valence-corrected chi connectivity index (χ3v) is 2.88. The molecule has 0 aliphatic heterocycles. The van der Waals surface area contributed by atoms with E-state index in [0.717, 1.165) is 37.8 Å². The quantitative estimate of drug-likeness (QED) is 0.583. The normalized spacial score (nSPS) is 12.2. The molecule has 1 atom stereocenters. The van der Waals surface area contributed by atoms with Gasteiger partial charge in [0.1, 0.15) is 12.5 Å². The fraction of sp³-hybridized carbons (Fsp3) is 0.500. The zero-order valence-electron chi connectivity index (χ0n) is 10.6. The topological polar surface area (TPSA) is 40.5 Å². The van der Waals surface area contributed by atoms with E-state index in [-0.39, 0.29) is 0 Å². The largest absolute Gasteiger partial charge is 0.374 e. The van der Waals surface area contributed by atoms with Gasteiger partial charge in [0.15, 0.2) is 0 Å². The van der Waals surface area contributed by atoms with Crippen molar-refractivity contribution in [2.45, 2.75) is 39.3 Å². The first-order valence-electron chi connectivity index (χ1n) is 6.22. The number of aliphatic hydroxyl groups excluding tert-OH is 1. The van der Waals surface area contributed by atoms with Crippen molar-refractivity contribution >= 4 is 12.0 Å². The number of carbonyl (C=O) groups is 1. The predicted octanol–water partition coefficient (Wildman–Crippen LogP) is 2.83. The van der Waals surface area contributed by atoms with Crippen LogP contribution in [0.1, 0.15) is 43.5 Å². The van der Waals surface area contributed by atoms with Crippen molar-refractivity contribution in [1.82, 2.24) is 0 Å². The van der Waals surface area contributed by atoms with Crippen molar-refractivity contribution in [3.05, 3.63) is 29.8 Å². The summed E-state index contributed by atoms with van der Waals surface area (Å²) >= 11 is 0. The van der Waals surface area contributed by atoms with Crippen LogP contribution in [0.15, 0.2) is 24.3 Å². The summed E-state index contributed by atoms with van der Waals surface area (Å²) in [7, 11) is 0. The molecule has 0 bridgehead atoms. The standard InChI is InChI=1S/C14H21NO2/c1-3-5-6-14(17)15(4-2)13-9-7-12(11-16)8-10-13/h7-11,14,17H,3-6H2,1-2H3. The SMILES string of the molecule is CCCCC(O)N(CC)c1ccc(C=O)cc1. The third kappa shape index (κ3) is 3.86. The molecule has 0 aliphatic rings. The van der Waals surface area contributed by atoms with Gasteiger partial charge in [-0.05, 0) is 44.0 Å². The minimum absolute atomic E-state index is 0.443. The maximum atomic E-state index is 10.6. The Labute approximate surface area is 103 Å². The van der Waals surface area contributed by atoms with Crippen LogP contribution >= 0.6 is 0 Å². The van der Waals surface area contributed by atoms with E-state index in [1.54, 1.807) is 12.1 Å². The Morgan fingerprint density at radius 2 is 1.94 bits per heavy atom. The van der Waals surface area contributed by atoms with E-state index in [1.807, 2.05) is 24.0 Å². The van der Waals surface area contributed by atoms with Gasteiger partial charge < -0.3 is 10.0 Å². The van der Waals surface area contributed by atoms with E-state index < -0.39 is 6.23 Å². The van der Waals surface area contributed by atoms with Crippen LogP contribution in [0.5, 0.6) is 0 Å². The average Bonchev–Trinajstić information content (AvgIpc) is 2.38. The highest BCUT2D eigenvalue weighted by Crippen LogP contribution is 2.18. The van der Waals surface area contributed by atoms with Crippen molar-refractivity contribution in [3.8, 4) is 0 Å². The van der Waals surface area contributed by atoms with E-state index >= 15 is 0 Å². The first kappa shape index (κ1) is 13.7. The molecule has 1 aromatic carbocycles. The smallest absolute Gasteiger partial charge is 0.150 e. The summed E-state index contributed by atoms with van der Waals surface area (Å²) in [6.45, 7) is 4.88. The van der Waals surface area contributed by atoms with E-state index in [2.05, 4.69) is 6.92 Å². The van der Waals surface area contributed by atoms with Crippen molar-refractivity contribution in [1.29, 1.82) is 0 Å². The highest BCUT2D eigenvalue weighted by Gasteiger charge is 2.13. The molecule has 0 fully saturated rings. The molecular weight excluding hydrogens is 214 g/mol. The van der Waals surface area contributed by atoms with E-state index in [4.69, 9.17) is 0 Å². The lowest BCUT2D eigenvalue weighted by Gasteiger charge is -2.29. The number of aldehydes is 1. The minimum atomic E-state index is -0.443. The summed E-state index contributed by atoms with van der Waals surface area (Å²) in [6, 6.07) is 7.31. The fourth-order valence-corrected chi connectivity index (χ4v) is 1.85. The molecule has 0 saturated heterocycles. The van der Waals surface area contributed by atoms with Crippen molar-refractivity contribution in [2.75, 3.05) is 11.4 Å². The highest BCUT2D eigenvalue weighted by molar-refractivity contribution is 5.75. The van der Waals surface area contributed by atoms with Gasteiger partial charge in [-0.3, -0.25) is 4.79 Å². The molecule has 0 aromatic heterocycles. The van der Waals surface area contributed by atoms with Gasteiger partial charge in [-0.1, -0.05) is 13.3 Å². The van der Waals surface area contributed by atoms with Crippen LogP contribution in [-0.2, 0) is 0 Å². The lowest BCUT2D eigenvalue weighted by atomic mass is 10.1. The van der Waals surface area contributed by atoms with Crippen LogP contribution < -0.4 is 4.90 Å². The first-order chi connectivity index (χ1) is 8.22. The van der Waals surface area contributed by atoms with Crippen LogP contribution in [0.3, 0.4) is 0 Å². The number of aliphatic hydroxyl groups is 1. The number of carbonyl (C=O) groups excluding carboxylic acids is 1. The monoisotopic (exact) mass is 235 g/mol. The molecule has 3 heteroatoms. The summed E-state index contributed by atoms with van der Waals surface area (Å²) in [5.74, 6) is 0. The highest BCUT2D eigenvalue weighted by atomic mass is 16.3. The molecule has 0 saturated carbocycles. The van der Waals surface area contributed by atoms with Crippen molar-refractivity contribution < 1.29 is 9.90 Å². The molecule has 1 unspecified atom stereocenters. The van der Waals surface area contributed by atoms with Crippen molar-refractivity contribution in [2.24, 2.45) is 0 Å². The molecule has 1 rings (SSSR count). The fourth-order valence-electron chi connectivity index (χ4n) is 1.85. The Balaban J connectivity index is 2.74. The number of hydrogen-bond donors (Lipinski definition) is 1. The van der Waals surface area contributed by atoms with Crippen LogP contribution in [0, 0.1) is 0 Å². The molecule has 0 heterocycles. The Bertz CT molecular complexity index is 335. The van der Waals surface area contributed by atoms with Crippen molar-refractivity contribution in [3.63, 3.8) is 0 Å². The molecular formula is C14H21NO2.